The van der Waals surface area contributed by atoms with Gasteiger partial charge in [0.1, 0.15) is 11.8 Å². The van der Waals surface area contributed by atoms with Crippen LogP contribution < -0.4 is 10.1 Å². The van der Waals surface area contributed by atoms with E-state index in [9.17, 15) is 9.59 Å². The van der Waals surface area contributed by atoms with Crippen molar-refractivity contribution < 1.29 is 19.1 Å². The molecule has 128 valence electrons. The van der Waals surface area contributed by atoms with Gasteiger partial charge in [0.15, 0.2) is 0 Å². The number of carbonyl (C=O) groups is 2. The number of hydrogen-bond donors (Lipinski definition) is 1. The highest BCUT2D eigenvalue weighted by Crippen LogP contribution is 2.24. The van der Waals surface area contributed by atoms with Crippen LogP contribution in [0.15, 0.2) is 12.1 Å². The highest BCUT2D eigenvalue weighted by Gasteiger charge is 2.27. The number of rotatable bonds is 7. The lowest BCUT2D eigenvalue weighted by Gasteiger charge is -2.22. The van der Waals surface area contributed by atoms with Gasteiger partial charge in [-0.05, 0) is 37.0 Å². The molecule has 0 heterocycles. The maximum Gasteiger partial charge on any atom is 0.328 e. The molecule has 5 heteroatoms. The van der Waals surface area contributed by atoms with Crippen molar-refractivity contribution in [3.8, 4) is 5.75 Å². The van der Waals surface area contributed by atoms with Crippen LogP contribution in [0.4, 0.5) is 0 Å². The first-order valence-electron chi connectivity index (χ1n) is 7.85. The number of ether oxygens (including phenoxy) is 2. The van der Waals surface area contributed by atoms with Gasteiger partial charge in [-0.3, -0.25) is 4.79 Å². The Bertz CT molecular complexity index is 568. The Morgan fingerprint density at radius 2 is 1.87 bits per heavy atom. The normalized spacial score (nSPS) is 13.1. The molecule has 0 fully saturated rings. The lowest BCUT2D eigenvalue weighted by molar-refractivity contribution is -0.146. The molecular formula is C18H27NO4. The third kappa shape index (κ3) is 4.98. The molecule has 0 aliphatic carbocycles. The first kappa shape index (κ1) is 19.0. The molecule has 1 amide bonds. The van der Waals surface area contributed by atoms with Crippen LogP contribution in [0.3, 0.4) is 0 Å². The summed E-state index contributed by atoms with van der Waals surface area (Å²) in [6, 6.07) is 3.29. The van der Waals surface area contributed by atoms with Crippen molar-refractivity contribution in [2.45, 2.75) is 46.6 Å². The highest BCUT2D eigenvalue weighted by atomic mass is 16.5. The van der Waals surface area contributed by atoms with Crippen LogP contribution in [0, 0.1) is 19.8 Å². The van der Waals surface area contributed by atoms with Gasteiger partial charge in [0, 0.05) is 5.56 Å². The summed E-state index contributed by atoms with van der Waals surface area (Å²) in [5.41, 5.74) is 2.91. The van der Waals surface area contributed by atoms with Gasteiger partial charge in [-0.1, -0.05) is 26.3 Å². The Hall–Kier alpha value is -2.04. The lowest BCUT2D eigenvalue weighted by atomic mass is 9.97. The van der Waals surface area contributed by atoms with Crippen LogP contribution in [0.1, 0.15) is 37.0 Å². The molecule has 5 nitrogen and oxygen atoms in total. The van der Waals surface area contributed by atoms with Crippen LogP contribution in [0.2, 0.25) is 0 Å². The maximum atomic E-state index is 12.4. The standard InChI is InChI=1S/C18H27NO4/c1-7-12(3)17(18(21)23-6)19-16(20)10-14-13(4)8-11(2)9-15(14)22-5/h8-9,12,17H,7,10H2,1-6H3,(H,19,20)/t12-,17-/m0/s1. The Kier molecular flexibility index (Phi) is 7.07. The molecule has 1 N–H and O–H groups in total. The number of hydrogen-bond acceptors (Lipinski definition) is 4. The molecule has 23 heavy (non-hydrogen) atoms. The molecule has 0 spiro atoms. The fourth-order valence-electron chi connectivity index (χ4n) is 2.55. The monoisotopic (exact) mass is 321 g/mol. The molecule has 1 aromatic rings. The summed E-state index contributed by atoms with van der Waals surface area (Å²) in [6.07, 6.45) is 0.937. The number of amides is 1. The minimum atomic E-state index is -0.630. The Balaban J connectivity index is 2.93. The molecule has 0 bridgehead atoms. The first-order chi connectivity index (χ1) is 10.8. The summed E-state index contributed by atoms with van der Waals surface area (Å²) in [4.78, 5) is 24.3. The average molecular weight is 321 g/mol. The molecule has 0 aromatic heterocycles. The van der Waals surface area contributed by atoms with Crippen LogP contribution in [0.5, 0.6) is 5.75 Å². The van der Waals surface area contributed by atoms with E-state index in [0.717, 1.165) is 23.1 Å². The number of benzene rings is 1. The number of nitrogens with one attached hydrogen (secondary N) is 1. The fraction of sp³-hybridized carbons (Fsp3) is 0.556. The topological polar surface area (TPSA) is 64.6 Å². The first-order valence-corrected chi connectivity index (χ1v) is 7.85. The van der Waals surface area contributed by atoms with Crippen LogP contribution in [0.25, 0.3) is 0 Å². The third-order valence-electron chi connectivity index (χ3n) is 4.12. The van der Waals surface area contributed by atoms with Gasteiger partial charge in [0.25, 0.3) is 0 Å². The number of aryl methyl sites for hydroxylation is 2. The van der Waals surface area contributed by atoms with Crippen LogP contribution in [-0.2, 0) is 20.7 Å². The molecule has 0 aliphatic rings. The van der Waals surface area contributed by atoms with Gasteiger partial charge in [0.2, 0.25) is 5.91 Å². The molecule has 0 saturated carbocycles. The van der Waals surface area contributed by atoms with Crippen molar-refractivity contribution in [2.24, 2.45) is 5.92 Å². The van der Waals surface area contributed by atoms with Crippen molar-refractivity contribution in [1.82, 2.24) is 5.32 Å². The largest absolute Gasteiger partial charge is 0.496 e. The van der Waals surface area contributed by atoms with Crippen LogP contribution >= 0.6 is 0 Å². The lowest BCUT2D eigenvalue weighted by Crippen LogP contribution is -2.46. The van der Waals surface area contributed by atoms with Crippen molar-refractivity contribution in [1.29, 1.82) is 0 Å². The van der Waals surface area contributed by atoms with E-state index in [4.69, 9.17) is 9.47 Å². The SMILES string of the molecule is CC[C@H](C)[C@H](NC(=O)Cc1c(C)cc(C)cc1OC)C(=O)OC. The zero-order valence-corrected chi connectivity index (χ0v) is 14.9. The molecule has 0 radical (unpaired) electrons. The molecule has 2 atom stereocenters. The van der Waals surface area contributed by atoms with Crippen molar-refractivity contribution >= 4 is 11.9 Å². The summed E-state index contributed by atoms with van der Waals surface area (Å²) in [5.74, 6) is 0.0643. The van der Waals surface area contributed by atoms with E-state index in [0.29, 0.717) is 5.75 Å². The predicted octanol–water partition coefficient (Wildman–Crippen LogP) is 2.56. The van der Waals surface area contributed by atoms with Crippen molar-refractivity contribution in [2.75, 3.05) is 14.2 Å². The van der Waals surface area contributed by atoms with Gasteiger partial charge in [-0.15, -0.1) is 0 Å². The van der Waals surface area contributed by atoms with E-state index < -0.39 is 12.0 Å². The minimum Gasteiger partial charge on any atom is -0.496 e. The van der Waals surface area contributed by atoms with E-state index in [1.165, 1.54) is 7.11 Å². The molecule has 1 rings (SSSR count). The Labute approximate surface area is 138 Å². The summed E-state index contributed by atoms with van der Waals surface area (Å²) >= 11 is 0. The van der Waals surface area contributed by atoms with Gasteiger partial charge in [-0.25, -0.2) is 4.79 Å². The molecule has 0 saturated heterocycles. The molecule has 0 unspecified atom stereocenters. The Morgan fingerprint density at radius 1 is 1.22 bits per heavy atom. The average Bonchev–Trinajstić information content (AvgIpc) is 2.53. The second kappa shape index (κ2) is 8.56. The second-order valence-corrected chi connectivity index (χ2v) is 5.89. The Morgan fingerprint density at radius 3 is 2.39 bits per heavy atom. The predicted molar refractivity (Wildman–Crippen MR) is 89.6 cm³/mol. The van der Waals surface area contributed by atoms with E-state index in [1.54, 1.807) is 7.11 Å². The van der Waals surface area contributed by atoms with E-state index in [1.807, 2.05) is 39.8 Å². The zero-order valence-electron chi connectivity index (χ0n) is 14.9. The number of carbonyl (C=O) groups excluding carboxylic acids is 2. The number of esters is 1. The van der Waals surface area contributed by atoms with E-state index in [-0.39, 0.29) is 18.2 Å². The fourth-order valence-corrected chi connectivity index (χ4v) is 2.55. The highest BCUT2D eigenvalue weighted by molar-refractivity contribution is 5.86. The van der Waals surface area contributed by atoms with Gasteiger partial charge in [0.05, 0.1) is 20.6 Å². The van der Waals surface area contributed by atoms with Crippen molar-refractivity contribution in [3.63, 3.8) is 0 Å². The van der Waals surface area contributed by atoms with Crippen molar-refractivity contribution in [3.05, 3.63) is 28.8 Å². The quantitative estimate of drug-likeness (QED) is 0.784. The van der Waals surface area contributed by atoms with E-state index >= 15 is 0 Å². The second-order valence-electron chi connectivity index (χ2n) is 5.89. The maximum absolute atomic E-state index is 12.4. The summed E-state index contributed by atoms with van der Waals surface area (Å²) < 4.78 is 10.2. The third-order valence-corrected chi connectivity index (χ3v) is 4.12. The molecule has 0 aliphatic heterocycles. The summed E-state index contributed by atoms with van der Waals surface area (Å²) in [6.45, 7) is 7.82. The smallest absolute Gasteiger partial charge is 0.328 e. The number of methoxy groups -OCH3 is 2. The van der Waals surface area contributed by atoms with Gasteiger partial charge < -0.3 is 14.8 Å². The van der Waals surface area contributed by atoms with Crippen LogP contribution in [-0.4, -0.2) is 32.1 Å². The van der Waals surface area contributed by atoms with E-state index in [2.05, 4.69) is 5.32 Å². The zero-order chi connectivity index (χ0) is 17.6. The minimum absolute atomic E-state index is 0.00686. The molecular weight excluding hydrogens is 294 g/mol. The van der Waals surface area contributed by atoms with Gasteiger partial charge in [-0.2, -0.15) is 0 Å². The summed E-state index contributed by atoms with van der Waals surface area (Å²) in [5, 5.41) is 2.79. The van der Waals surface area contributed by atoms with Gasteiger partial charge >= 0.3 is 5.97 Å². The summed E-state index contributed by atoms with van der Waals surface area (Å²) in [7, 11) is 2.92. The molecule has 1 aromatic carbocycles.